The molecular formula is C34H36N2O6. The molecular weight excluding hydrogens is 532 g/mol. The first-order valence-electron chi connectivity index (χ1n) is 13.8. The van der Waals surface area contributed by atoms with Gasteiger partial charge in [-0.25, -0.2) is 0 Å². The van der Waals surface area contributed by atoms with E-state index in [1.54, 1.807) is 30.2 Å². The number of aromatic amines is 1. The highest BCUT2D eigenvalue weighted by Gasteiger charge is 2.46. The van der Waals surface area contributed by atoms with Crippen LogP contribution in [0.4, 0.5) is 0 Å². The smallest absolute Gasteiger partial charge is 0.295 e. The van der Waals surface area contributed by atoms with Crippen LogP contribution in [-0.2, 0) is 21.4 Å². The summed E-state index contributed by atoms with van der Waals surface area (Å²) >= 11 is 0. The molecule has 1 fully saturated rings. The molecule has 0 aliphatic carbocycles. The number of rotatable bonds is 8. The van der Waals surface area contributed by atoms with Crippen molar-refractivity contribution in [3.63, 3.8) is 0 Å². The van der Waals surface area contributed by atoms with E-state index in [9.17, 15) is 14.7 Å². The number of hydrogen-bond acceptors (Lipinski definition) is 6. The molecule has 1 amide bonds. The summed E-state index contributed by atoms with van der Waals surface area (Å²) in [4.78, 5) is 32.0. The van der Waals surface area contributed by atoms with Crippen LogP contribution in [0.15, 0.2) is 72.4 Å². The summed E-state index contributed by atoms with van der Waals surface area (Å²) in [5.74, 6) is -0.0286. The van der Waals surface area contributed by atoms with Gasteiger partial charge >= 0.3 is 0 Å². The van der Waals surface area contributed by atoms with E-state index >= 15 is 0 Å². The Morgan fingerprint density at radius 1 is 0.905 bits per heavy atom. The second-order valence-corrected chi connectivity index (χ2v) is 11.4. The van der Waals surface area contributed by atoms with Crippen molar-refractivity contribution in [2.75, 3.05) is 27.9 Å². The predicted octanol–water partition coefficient (Wildman–Crippen LogP) is 6.16. The molecule has 2 N–H and O–H groups in total. The van der Waals surface area contributed by atoms with Crippen LogP contribution in [0.1, 0.15) is 49.1 Å². The molecule has 5 rings (SSSR count). The third-order valence-electron chi connectivity index (χ3n) is 7.89. The van der Waals surface area contributed by atoms with Gasteiger partial charge in [0.05, 0.1) is 32.9 Å². The van der Waals surface area contributed by atoms with E-state index in [-0.39, 0.29) is 23.3 Å². The number of carbonyl (C=O) groups excluding carboxylic acids is 2. The first-order valence-corrected chi connectivity index (χ1v) is 13.8. The van der Waals surface area contributed by atoms with Crippen molar-refractivity contribution in [2.24, 2.45) is 0 Å². The van der Waals surface area contributed by atoms with Crippen LogP contribution in [0.25, 0.3) is 16.7 Å². The molecule has 4 aromatic rings. The third-order valence-corrected chi connectivity index (χ3v) is 7.89. The molecule has 0 saturated carbocycles. The maximum Gasteiger partial charge on any atom is 0.295 e. The molecule has 0 bridgehead atoms. The van der Waals surface area contributed by atoms with Crippen molar-refractivity contribution in [1.82, 2.24) is 9.88 Å². The van der Waals surface area contributed by atoms with Gasteiger partial charge in [0.15, 0.2) is 11.5 Å². The Bertz CT molecular complexity index is 1680. The first-order chi connectivity index (χ1) is 20.1. The average Bonchev–Trinajstić information content (AvgIpc) is 3.51. The van der Waals surface area contributed by atoms with Crippen LogP contribution in [0.3, 0.4) is 0 Å². The zero-order valence-electron chi connectivity index (χ0n) is 24.8. The number of nitrogens with zero attached hydrogens (tertiary/aromatic N) is 1. The fourth-order valence-corrected chi connectivity index (χ4v) is 5.49. The highest BCUT2D eigenvalue weighted by Crippen LogP contribution is 2.41. The highest BCUT2D eigenvalue weighted by molar-refractivity contribution is 6.46. The maximum absolute atomic E-state index is 13.6. The monoisotopic (exact) mass is 568 g/mol. The summed E-state index contributed by atoms with van der Waals surface area (Å²) in [6, 6.07) is 17.8. The molecule has 218 valence electrons. The number of H-pyrrole nitrogens is 1. The first kappa shape index (κ1) is 28.8. The molecule has 1 saturated heterocycles. The SMILES string of the molecule is COc1ccc2[nH]cc(CCN3C(=O)C(=O)C(=C(O)c4ccc(OC)c(OC)c4)[C@@H]3c3ccc(C(C)(C)C)cc3)c2c1. The molecule has 0 spiro atoms. The Hall–Kier alpha value is -4.72. The van der Waals surface area contributed by atoms with Crippen molar-refractivity contribution in [3.8, 4) is 17.2 Å². The highest BCUT2D eigenvalue weighted by atomic mass is 16.5. The number of benzene rings is 3. The Kier molecular flexibility index (Phi) is 7.73. The van der Waals surface area contributed by atoms with Crippen molar-refractivity contribution < 1.29 is 28.9 Å². The number of fused-ring (bicyclic) bond motifs is 1. The van der Waals surface area contributed by atoms with Gasteiger partial charge in [-0.1, -0.05) is 45.0 Å². The number of ether oxygens (including phenoxy) is 3. The van der Waals surface area contributed by atoms with Gasteiger partial charge in [-0.3, -0.25) is 9.59 Å². The number of nitrogens with one attached hydrogen (secondary N) is 1. The standard InChI is InChI=1S/C34H36N2O6/c1-34(2,3)23-10-7-20(8-11-23)30-29(31(37)21-9-14-27(41-5)28(17-21)42-6)32(38)33(39)36(30)16-15-22-19-35-26-13-12-24(40-4)18-25(22)26/h7-14,17-19,30,35,37H,15-16H2,1-6H3/t30-/m0/s1. The molecule has 1 atom stereocenters. The van der Waals surface area contributed by atoms with E-state index in [2.05, 4.69) is 25.8 Å². The number of methoxy groups -OCH3 is 3. The molecule has 1 aromatic heterocycles. The average molecular weight is 569 g/mol. The molecule has 1 aliphatic heterocycles. The molecule has 42 heavy (non-hydrogen) atoms. The van der Waals surface area contributed by atoms with Gasteiger partial charge in [-0.05, 0) is 64.9 Å². The summed E-state index contributed by atoms with van der Waals surface area (Å²) in [6.07, 6.45) is 2.41. The van der Waals surface area contributed by atoms with Gasteiger partial charge in [0.1, 0.15) is 11.5 Å². The van der Waals surface area contributed by atoms with Crippen LogP contribution in [0.2, 0.25) is 0 Å². The second kappa shape index (κ2) is 11.3. The van der Waals surface area contributed by atoms with Crippen LogP contribution >= 0.6 is 0 Å². The topological polar surface area (TPSA) is 101 Å². The fraction of sp³-hybridized carbons (Fsp3) is 0.294. The molecule has 0 unspecified atom stereocenters. The number of amides is 1. The Balaban J connectivity index is 1.58. The Labute approximate surface area is 245 Å². The lowest BCUT2D eigenvalue weighted by molar-refractivity contribution is -0.139. The molecule has 8 nitrogen and oxygen atoms in total. The van der Waals surface area contributed by atoms with Gasteiger partial charge in [-0.2, -0.15) is 0 Å². The molecule has 0 radical (unpaired) electrons. The number of aliphatic hydroxyl groups excluding tert-OH is 1. The maximum atomic E-state index is 13.6. The van der Waals surface area contributed by atoms with Gasteiger partial charge in [0.2, 0.25) is 0 Å². The number of aliphatic hydroxyl groups is 1. The second-order valence-electron chi connectivity index (χ2n) is 11.4. The summed E-state index contributed by atoms with van der Waals surface area (Å²) in [7, 11) is 4.64. The van der Waals surface area contributed by atoms with Crippen LogP contribution in [0, 0.1) is 0 Å². The van der Waals surface area contributed by atoms with Crippen LogP contribution < -0.4 is 14.2 Å². The predicted molar refractivity (Wildman–Crippen MR) is 162 cm³/mol. The normalized spacial score (nSPS) is 16.7. The number of Topliss-reactive ketones (excluding diaryl/α,β-unsaturated/α-hetero) is 1. The molecule has 1 aliphatic rings. The summed E-state index contributed by atoms with van der Waals surface area (Å²) in [5, 5.41) is 12.5. The fourth-order valence-electron chi connectivity index (χ4n) is 5.49. The zero-order valence-corrected chi connectivity index (χ0v) is 24.8. The summed E-state index contributed by atoms with van der Waals surface area (Å²) in [6.45, 7) is 6.65. The number of ketones is 1. The quantitative estimate of drug-likeness (QED) is 0.150. The van der Waals surface area contributed by atoms with Gasteiger partial charge in [0, 0.05) is 29.2 Å². The van der Waals surface area contributed by atoms with E-state index in [1.807, 2.05) is 48.7 Å². The van der Waals surface area contributed by atoms with E-state index in [0.29, 0.717) is 23.5 Å². The lowest BCUT2D eigenvalue weighted by Crippen LogP contribution is -2.31. The van der Waals surface area contributed by atoms with Crippen molar-refractivity contribution in [1.29, 1.82) is 0 Å². The van der Waals surface area contributed by atoms with Crippen molar-refractivity contribution in [3.05, 3.63) is 94.7 Å². The molecule has 3 aromatic carbocycles. The van der Waals surface area contributed by atoms with Gasteiger partial charge in [0.25, 0.3) is 11.7 Å². The van der Waals surface area contributed by atoms with E-state index in [1.165, 1.54) is 14.2 Å². The molecule has 2 heterocycles. The lowest BCUT2D eigenvalue weighted by Gasteiger charge is -2.26. The molecule has 8 heteroatoms. The third kappa shape index (κ3) is 5.20. The Morgan fingerprint density at radius 2 is 1.62 bits per heavy atom. The lowest BCUT2D eigenvalue weighted by atomic mass is 9.85. The van der Waals surface area contributed by atoms with Crippen molar-refractivity contribution >= 4 is 28.4 Å². The van der Waals surface area contributed by atoms with E-state index < -0.39 is 17.7 Å². The van der Waals surface area contributed by atoms with Crippen LogP contribution in [0.5, 0.6) is 17.2 Å². The minimum Gasteiger partial charge on any atom is -0.507 e. The number of aromatic nitrogens is 1. The Morgan fingerprint density at radius 3 is 2.26 bits per heavy atom. The largest absolute Gasteiger partial charge is 0.507 e. The van der Waals surface area contributed by atoms with E-state index in [4.69, 9.17) is 14.2 Å². The summed E-state index contributed by atoms with van der Waals surface area (Å²) in [5.41, 5.74) is 4.13. The van der Waals surface area contributed by atoms with E-state index in [0.717, 1.165) is 33.3 Å². The van der Waals surface area contributed by atoms with Crippen molar-refractivity contribution in [2.45, 2.75) is 38.6 Å². The van der Waals surface area contributed by atoms with Crippen LogP contribution in [-0.4, -0.2) is 54.6 Å². The number of hydrogen-bond donors (Lipinski definition) is 2. The minimum absolute atomic E-state index is 0.0383. The van der Waals surface area contributed by atoms with Gasteiger partial charge < -0.3 is 29.2 Å². The minimum atomic E-state index is -0.771. The zero-order chi connectivity index (χ0) is 30.2. The number of carbonyl (C=O) groups is 2. The summed E-state index contributed by atoms with van der Waals surface area (Å²) < 4.78 is 16.1. The van der Waals surface area contributed by atoms with Gasteiger partial charge in [-0.15, -0.1) is 0 Å². The number of likely N-dealkylation sites (tertiary alicyclic amines) is 1.